The van der Waals surface area contributed by atoms with Crippen molar-refractivity contribution in [2.45, 2.75) is 0 Å². The highest BCUT2D eigenvalue weighted by Crippen LogP contribution is 2.17. The summed E-state index contributed by atoms with van der Waals surface area (Å²) in [5.41, 5.74) is 1.74. The first-order valence-corrected chi connectivity index (χ1v) is 7.84. The largest absolute Gasteiger partial charge is 0.417 e. The van der Waals surface area contributed by atoms with Crippen molar-refractivity contribution in [3.05, 3.63) is 72.6 Å². The van der Waals surface area contributed by atoms with E-state index >= 15 is 0 Å². The van der Waals surface area contributed by atoms with Crippen molar-refractivity contribution >= 4 is 17.7 Å². The molecule has 0 saturated carbocycles. The molecule has 0 spiro atoms. The molecule has 3 aromatic rings. The minimum absolute atomic E-state index is 0.213. The van der Waals surface area contributed by atoms with E-state index in [2.05, 4.69) is 20.6 Å². The Labute approximate surface area is 150 Å². The third-order valence-corrected chi connectivity index (χ3v) is 3.47. The van der Waals surface area contributed by atoms with Gasteiger partial charge in [0.1, 0.15) is 0 Å². The van der Waals surface area contributed by atoms with Gasteiger partial charge < -0.3 is 10.1 Å². The molecule has 26 heavy (non-hydrogen) atoms. The second-order valence-electron chi connectivity index (χ2n) is 5.28. The summed E-state index contributed by atoms with van der Waals surface area (Å²) in [7, 11) is 1.54. The molecule has 0 atom stereocenters. The van der Waals surface area contributed by atoms with E-state index in [1.807, 2.05) is 30.3 Å². The third kappa shape index (κ3) is 4.21. The monoisotopic (exact) mass is 348 g/mol. The first-order valence-electron chi connectivity index (χ1n) is 7.84. The highest BCUT2D eigenvalue weighted by Gasteiger charge is 2.09. The average molecular weight is 348 g/mol. The normalized spacial score (nSPS) is 10.0. The Morgan fingerprint density at radius 1 is 0.962 bits per heavy atom. The molecule has 0 saturated heterocycles. The van der Waals surface area contributed by atoms with Crippen molar-refractivity contribution in [2.24, 2.45) is 0 Å². The van der Waals surface area contributed by atoms with E-state index in [1.54, 1.807) is 24.3 Å². The Kier molecular flexibility index (Phi) is 5.19. The second kappa shape index (κ2) is 7.89. The van der Waals surface area contributed by atoms with E-state index in [4.69, 9.17) is 4.74 Å². The summed E-state index contributed by atoms with van der Waals surface area (Å²) in [6.07, 6.45) is 2.15. The predicted octanol–water partition coefficient (Wildman–Crippen LogP) is 3.11. The van der Waals surface area contributed by atoms with Gasteiger partial charge in [-0.05, 0) is 18.2 Å². The number of anilines is 1. The van der Waals surface area contributed by atoms with Crippen LogP contribution in [0.15, 0.2) is 67.0 Å². The quantitative estimate of drug-likeness (QED) is 0.756. The molecule has 0 fully saturated rings. The molecule has 0 bridgehead atoms. The summed E-state index contributed by atoms with van der Waals surface area (Å²) in [4.78, 5) is 32.0. The van der Waals surface area contributed by atoms with Gasteiger partial charge in [0.2, 0.25) is 0 Å². The molecule has 0 aliphatic heterocycles. The summed E-state index contributed by atoms with van der Waals surface area (Å²) >= 11 is 0. The molecule has 2 N–H and O–H groups in total. The van der Waals surface area contributed by atoms with Gasteiger partial charge in [0, 0.05) is 23.9 Å². The molecular weight excluding hydrogens is 332 g/mol. The number of hydrogen-bond donors (Lipinski definition) is 2. The lowest BCUT2D eigenvalue weighted by molar-refractivity contribution is 0.0963. The number of carbonyl (C=O) groups is 2. The second-order valence-corrected chi connectivity index (χ2v) is 5.28. The Bertz CT molecular complexity index is 912. The molecule has 0 aliphatic carbocycles. The van der Waals surface area contributed by atoms with E-state index in [1.165, 1.54) is 19.4 Å². The number of ether oxygens (including phenoxy) is 1. The van der Waals surface area contributed by atoms with Crippen LogP contribution in [0.1, 0.15) is 10.4 Å². The molecule has 0 radical (unpaired) electrons. The van der Waals surface area contributed by atoms with Crippen molar-refractivity contribution in [2.75, 3.05) is 12.4 Å². The maximum atomic E-state index is 12.0. The van der Waals surface area contributed by atoms with Crippen molar-refractivity contribution in [3.8, 4) is 17.1 Å². The molecule has 1 aromatic heterocycles. The van der Waals surface area contributed by atoms with Gasteiger partial charge in [0.05, 0.1) is 12.4 Å². The predicted molar refractivity (Wildman–Crippen MR) is 96.9 cm³/mol. The zero-order valence-electron chi connectivity index (χ0n) is 14.0. The van der Waals surface area contributed by atoms with Gasteiger partial charge in [-0.1, -0.05) is 36.4 Å². The lowest BCUT2D eigenvalue weighted by Gasteiger charge is -2.08. The van der Waals surface area contributed by atoms with Gasteiger partial charge in [-0.3, -0.25) is 10.1 Å². The SMILES string of the molecule is CNC(=O)c1cccc(NC(=O)Oc2cnc(-c3ccccc3)nc2)c1. The minimum Gasteiger partial charge on any atom is -0.407 e. The van der Waals surface area contributed by atoms with Crippen molar-refractivity contribution < 1.29 is 14.3 Å². The number of carbonyl (C=O) groups excluding carboxylic acids is 2. The van der Waals surface area contributed by atoms with E-state index in [-0.39, 0.29) is 11.7 Å². The first kappa shape index (κ1) is 17.1. The Morgan fingerprint density at radius 3 is 2.38 bits per heavy atom. The Morgan fingerprint density at radius 2 is 1.69 bits per heavy atom. The highest BCUT2D eigenvalue weighted by atomic mass is 16.6. The number of nitrogens with one attached hydrogen (secondary N) is 2. The van der Waals surface area contributed by atoms with Crippen LogP contribution in [0, 0.1) is 0 Å². The van der Waals surface area contributed by atoms with Crippen molar-refractivity contribution in [3.63, 3.8) is 0 Å². The topological polar surface area (TPSA) is 93.2 Å². The molecular formula is C19H16N4O3. The van der Waals surface area contributed by atoms with E-state index in [9.17, 15) is 9.59 Å². The van der Waals surface area contributed by atoms with E-state index in [0.29, 0.717) is 17.1 Å². The van der Waals surface area contributed by atoms with Crippen LogP contribution in [-0.4, -0.2) is 29.0 Å². The van der Waals surface area contributed by atoms with Crippen LogP contribution in [-0.2, 0) is 0 Å². The number of benzene rings is 2. The fourth-order valence-corrected chi connectivity index (χ4v) is 2.24. The summed E-state index contributed by atoms with van der Waals surface area (Å²) in [6.45, 7) is 0. The average Bonchev–Trinajstić information content (AvgIpc) is 2.68. The number of aromatic nitrogens is 2. The zero-order valence-corrected chi connectivity index (χ0v) is 14.0. The zero-order chi connectivity index (χ0) is 18.4. The summed E-state index contributed by atoms with van der Waals surface area (Å²) in [6, 6.07) is 16.0. The number of hydrogen-bond acceptors (Lipinski definition) is 5. The molecule has 0 aliphatic rings. The smallest absolute Gasteiger partial charge is 0.407 e. The minimum atomic E-state index is -0.699. The van der Waals surface area contributed by atoms with Gasteiger partial charge in [0.25, 0.3) is 5.91 Å². The standard InChI is InChI=1S/C19H16N4O3/c1-20-18(24)14-8-5-9-15(10-14)23-19(25)26-16-11-21-17(22-12-16)13-6-3-2-4-7-13/h2-12H,1H3,(H,20,24)(H,23,25). The molecule has 2 amide bonds. The fraction of sp³-hybridized carbons (Fsp3) is 0.0526. The van der Waals surface area contributed by atoms with Crippen LogP contribution in [0.25, 0.3) is 11.4 Å². The number of amides is 2. The number of rotatable bonds is 4. The van der Waals surface area contributed by atoms with E-state index in [0.717, 1.165) is 5.56 Å². The molecule has 3 rings (SSSR count). The van der Waals surface area contributed by atoms with Crippen LogP contribution in [0.3, 0.4) is 0 Å². The van der Waals surface area contributed by atoms with E-state index < -0.39 is 6.09 Å². The molecule has 130 valence electrons. The summed E-state index contributed by atoms with van der Waals surface area (Å²) in [5, 5.41) is 5.08. The summed E-state index contributed by atoms with van der Waals surface area (Å²) in [5.74, 6) is 0.508. The Balaban J connectivity index is 1.64. The molecule has 0 unspecified atom stereocenters. The maximum absolute atomic E-state index is 12.0. The molecule has 1 heterocycles. The van der Waals surface area contributed by atoms with Gasteiger partial charge >= 0.3 is 6.09 Å². The van der Waals surface area contributed by atoms with Crippen LogP contribution in [0.2, 0.25) is 0 Å². The van der Waals surface area contributed by atoms with Crippen molar-refractivity contribution in [1.29, 1.82) is 0 Å². The lowest BCUT2D eigenvalue weighted by atomic mass is 10.2. The highest BCUT2D eigenvalue weighted by molar-refractivity contribution is 5.96. The Hall–Kier alpha value is -3.74. The van der Waals surface area contributed by atoms with Gasteiger partial charge in [-0.2, -0.15) is 0 Å². The third-order valence-electron chi connectivity index (χ3n) is 3.47. The van der Waals surface area contributed by atoms with Gasteiger partial charge in [-0.25, -0.2) is 14.8 Å². The number of nitrogens with zero attached hydrogens (tertiary/aromatic N) is 2. The van der Waals surface area contributed by atoms with Gasteiger partial charge in [-0.15, -0.1) is 0 Å². The summed E-state index contributed by atoms with van der Waals surface area (Å²) < 4.78 is 5.16. The lowest BCUT2D eigenvalue weighted by Crippen LogP contribution is -2.19. The fourth-order valence-electron chi connectivity index (χ4n) is 2.24. The van der Waals surface area contributed by atoms with Gasteiger partial charge in [0.15, 0.2) is 11.6 Å². The molecule has 7 heteroatoms. The maximum Gasteiger partial charge on any atom is 0.417 e. The van der Waals surface area contributed by atoms with Crippen LogP contribution in [0.5, 0.6) is 5.75 Å². The molecule has 2 aromatic carbocycles. The van der Waals surface area contributed by atoms with Crippen LogP contribution < -0.4 is 15.4 Å². The van der Waals surface area contributed by atoms with Crippen molar-refractivity contribution in [1.82, 2.24) is 15.3 Å². The van der Waals surface area contributed by atoms with Crippen LogP contribution in [0.4, 0.5) is 10.5 Å². The molecule has 7 nitrogen and oxygen atoms in total. The van der Waals surface area contributed by atoms with Crippen LogP contribution >= 0.6 is 0 Å². The first-order chi connectivity index (χ1) is 12.7.